The maximum absolute atomic E-state index is 13.1. The predicted molar refractivity (Wildman–Crippen MR) is 61.8 cm³/mol. The number of rotatable bonds is 3. The third-order valence-electron chi connectivity index (χ3n) is 3.04. The van der Waals surface area contributed by atoms with E-state index in [1.54, 1.807) is 6.92 Å². The standard InChI is InChI=1S/C13H18FNO/c1-10-8-11(2-3-13(10)14)9-15-12-4-6-16-7-5-12/h2-3,8,12,15H,4-7,9H2,1H3. The van der Waals surface area contributed by atoms with Crippen molar-refractivity contribution in [2.45, 2.75) is 32.4 Å². The third-order valence-corrected chi connectivity index (χ3v) is 3.04. The minimum absolute atomic E-state index is 0.130. The molecule has 0 spiro atoms. The summed E-state index contributed by atoms with van der Waals surface area (Å²) < 4.78 is 18.4. The average Bonchev–Trinajstić information content (AvgIpc) is 2.32. The zero-order chi connectivity index (χ0) is 11.4. The molecule has 1 N–H and O–H groups in total. The highest BCUT2D eigenvalue weighted by molar-refractivity contribution is 5.23. The summed E-state index contributed by atoms with van der Waals surface area (Å²) >= 11 is 0. The summed E-state index contributed by atoms with van der Waals surface area (Å²) in [7, 11) is 0. The number of benzene rings is 1. The fourth-order valence-corrected chi connectivity index (χ4v) is 1.98. The zero-order valence-electron chi connectivity index (χ0n) is 9.63. The molecule has 0 atom stereocenters. The van der Waals surface area contributed by atoms with E-state index in [1.807, 2.05) is 12.1 Å². The summed E-state index contributed by atoms with van der Waals surface area (Å²) in [6, 6.07) is 5.83. The molecule has 1 aromatic rings. The van der Waals surface area contributed by atoms with Gasteiger partial charge in [-0.05, 0) is 37.0 Å². The second-order valence-electron chi connectivity index (χ2n) is 4.35. The third kappa shape index (κ3) is 3.03. The number of hydrogen-bond donors (Lipinski definition) is 1. The average molecular weight is 223 g/mol. The highest BCUT2D eigenvalue weighted by Crippen LogP contribution is 2.11. The molecule has 1 aromatic carbocycles. The van der Waals surface area contributed by atoms with E-state index in [0.717, 1.165) is 38.2 Å². The number of nitrogens with one attached hydrogen (secondary N) is 1. The lowest BCUT2D eigenvalue weighted by Gasteiger charge is -2.23. The van der Waals surface area contributed by atoms with Crippen molar-refractivity contribution in [1.82, 2.24) is 5.32 Å². The Bertz CT molecular complexity index is 348. The molecule has 3 heteroatoms. The predicted octanol–water partition coefficient (Wildman–Crippen LogP) is 2.40. The second-order valence-corrected chi connectivity index (χ2v) is 4.35. The second kappa shape index (κ2) is 5.41. The molecule has 2 rings (SSSR count). The molecular weight excluding hydrogens is 205 g/mol. The SMILES string of the molecule is Cc1cc(CNC2CCOCC2)ccc1F. The van der Waals surface area contributed by atoms with E-state index in [2.05, 4.69) is 5.32 Å². The maximum Gasteiger partial charge on any atom is 0.126 e. The normalized spacial score (nSPS) is 17.6. The van der Waals surface area contributed by atoms with Gasteiger partial charge in [-0.15, -0.1) is 0 Å². The lowest BCUT2D eigenvalue weighted by atomic mass is 10.1. The Hall–Kier alpha value is -0.930. The van der Waals surface area contributed by atoms with E-state index in [4.69, 9.17) is 4.74 Å². The largest absolute Gasteiger partial charge is 0.381 e. The molecule has 1 fully saturated rings. The van der Waals surface area contributed by atoms with Gasteiger partial charge in [0.15, 0.2) is 0 Å². The maximum atomic E-state index is 13.1. The molecule has 0 aliphatic carbocycles. The summed E-state index contributed by atoms with van der Waals surface area (Å²) in [6.07, 6.45) is 2.14. The molecule has 0 aromatic heterocycles. The van der Waals surface area contributed by atoms with Crippen LogP contribution in [0.2, 0.25) is 0 Å². The number of halogens is 1. The van der Waals surface area contributed by atoms with Gasteiger partial charge in [0.05, 0.1) is 0 Å². The highest BCUT2D eigenvalue weighted by atomic mass is 19.1. The van der Waals surface area contributed by atoms with Gasteiger partial charge in [0.1, 0.15) is 5.82 Å². The quantitative estimate of drug-likeness (QED) is 0.849. The molecule has 88 valence electrons. The van der Waals surface area contributed by atoms with Crippen LogP contribution in [0.3, 0.4) is 0 Å². The molecule has 0 saturated carbocycles. The van der Waals surface area contributed by atoms with E-state index in [0.29, 0.717) is 11.6 Å². The van der Waals surface area contributed by atoms with Crippen LogP contribution in [0, 0.1) is 12.7 Å². The summed E-state index contributed by atoms with van der Waals surface area (Å²) in [6.45, 7) is 4.30. The number of aryl methyl sites for hydroxylation is 1. The fraction of sp³-hybridized carbons (Fsp3) is 0.538. The summed E-state index contributed by atoms with van der Waals surface area (Å²) in [4.78, 5) is 0. The van der Waals surface area contributed by atoms with Gasteiger partial charge in [0.2, 0.25) is 0 Å². The molecule has 0 bridgehead atoms. The van der Waals surface area contributed by atoms with Crippen molar-refractivity contribution in [2.24, 2.45) is 0 Å². The summed E-state index contributed by atoms with van der Waals surface area (Å²) in [5, 5.41) is 3.48. The van der Waals surface area contributed by atoms with Crippen LogP contribution in [0.4, 0.5) is 4.39 Å². The van der Waals surface area contributed by atoms with Gasteiger partial charge in [-0.25, -0.2) is 4.39 Å². The van der Waals surface area contributed by atoms with Gasteiger partial charge in [-0.3, -0.25) is 0 Å². The van der Waals surface area contributed by atoms with Crippen molar-refractivity contribution in [3.05, 3.63) is 35.1 Å². The van der Waals surface area contributed by atoms with Crippen LogP contribution in [0.1, 0.15) is 24.0 Å². The van der Waals surface area contributed by atoms with Crippen LogP contribution in [0.25, 0.3) is 0 Å². The Morgan fingerprint density at radius 1 is 1.38 bits per heavy atom. The van der Waals surface area contributed by atoms with E-state index in [9.17, 15) is 4.39 Å². The first kappa shape index (κ1) is 11.6. The van der Waals surface area contributed by atoms with Gasteiger partial charge in [-0.2, -0.15) is 0 Å². The van der Waals surface area contributed by atoms with Crippen molar-refractivity contribution in [3.63, 3.8) is 0 Å². The number of ether oxygens (including phenoxy) is 1. The molecule has 0 amide bonds. The van der Waals surface area contributed by atoms with E-state index in [-0.39, 0.29) is 5.82 Å². The van der Waals surface area contributed by atoms with Crippen molar-refractivity contribution < 1.29 is 9.13 Å². The smallest absolute Gasteiger partial charge is 0.126 e. The minimum atomic E-state index is -0.130. The molecular formula is C13H18FNO. The molecule has 0 unspecified atom stereocenters. The number of hydrogen-bond acceptors (Lipinski definition) is 2. The molecule has 1 aliphatic heterocycles. The van der Waals surface area contributed by atoms with Gasteiger partial charge in [-0.1, -0.05) is 12.1 Å². The Morgan fingerprint density at radius 3 is 2.81 bits per heavy atom. The lowest BCUT2D eigenvalue weighted by Crippen LogP contribution is -2.34. The van der Waals surface area contributed by atoms with Crippen molar-refractivity contribution in [3.8, 4) is 0 Å². The molecule has 2 nitrogen and oxygen atoms in total. The highest BCUT2D eigenvalue weighted by Gasteiger charge is 2.12. The Labute approximate surface area is 95.8 Å². The molecule has 1 aliphatic rings. The van der Waals surface area contributed by atoms with Crippen LogP contribution in [-0.2, 0) is 11.3 Å². The molecule has 16 heavy (non-hydrogen) atoms. The van der Waals surface area contributed by atoms with Crippen LogP contribution < -0.4 is 5.32 Å². The van der Waals surface area contributed by atoms with Gasteiger partial charge in [0, 0.05) is 25.8 Å². The monoisotopic (exact) mass is 223 g/mol. The zero-order valence-corrected chi connectivity index (χ0v) is 9.63. The van der Waals surface area contributed by atoms with Gasteiger partial charge in [0.25, 0.3) is 0 Å². The Kier molecular flexibility index (Phi) is 3.91. The van der Waals surface area contributed by atoms with E-state index in [1.165, 1.54) is 6.07 Å². The van der Waals surface area contributed by atoms with E-state index < -0.39 is 0 Å². The summed E-state index contributed by atoms with van der Waals surface area (Å²) in [5.41, 5.74) is 1.86. The molecule has 1 saturated heterocycles. The first-order valence-electron chi connectivity index (χ1n) is 5.82. The first-order valence-corrected chi connectivity index (χ1v) is 5.82. The minimum Gasteiger partial charge on any atom is -0.381 e. The van der Waals surface area contributed by atoms with Gasteiger partial charge >= 0.3 is 0 Å². The van der Waals surface area contributed by atoms with Crippen LogP contribution in [0.5, 0.6) is 0 Å². The topological polar surface area (TPSA) is 21.3 Å². The first-order chi connectivity index (χ1) is 7.75. The summed E-state index contributed by atoms with van der Waals surface area (Å²) in [5.74, 6) is -0.130. The Balaban J connectivity index is 1.86. The van der Waals surface area contributed by atoms with Crippen LogP contribution in [-0.4, -0.2) is 19.3 Å². The lowest BCUT2D eigenvalue weighted by molar-refractivity contribution is 0.0776. The van der Waals surface area contributed by atoms with Gasteiger partial charge < -0.3 is 10.1 Å². The Morgan fingerprint density at radius 2 is 2.12 bits per heavy atom. The van der Waals surface area contributed by atoms with Crippen LogP contribution in [0.15, 0.2) is 18.2 Å². The molecule has 1 heterocycles. The fourth-order valence-electron chi connectivity index (χ4n) is 1.98. The van der Waals surface area contributed by atoms with Crippen molar-refractivity contribution >= 4 is 0 Å². The van der Waals surface area contributed by atoms with Crippen LogP contribution >= 0.6 is 0 Å². The molecule has 0 radical (unpaired) electrons. The van der Waals surface area contributed by atoms with E-state index >= 15 is 0 Å². The van der Waals surface area contributed by atoms with Crippen molar-refractivity contribution in [1.29, 1.82) is 0 Å². The van der Waals surface area contributed by atoms with Crippen molar-refractivity contribution in [2.75, 3.05) is 13.2 Å².